The highest BCUT2D eigenvalue weighted by molar-refractivity contribution is 6.30. The second-order valence-electron chi connectivity index (χ2n) is 3.63. The van der Waals surface area contributed by atoms with Gasteiger partial charge in [0.15, 0.2) is 0 Å². The molecule has 0 bridgehead atoms. The number of benzene rings is 1. The van der Waals surface area contributed by atoms with Gasteiger partial charge < -0.3 is 10.4 Å². The first-order valence-electron chi connectivity index (χ1n) is 4.76. The summed E-state index contributed by atoms with van der Waals surface area (Å²) in [5, 5.41) is 13.6. The lowest BCUT2D eigenvalue weighted by atomic mass is 10.1. The van der Waals surface area contributed by atoms with Gasteiger partial charge in [0.25, 0.3) is 0 Å². The number of nitrogens with one attached hydrogen (secondary N) is 1. The van der Waals surface area contributed by atoms with Crippen LogP contribution in [-0.4, -0.2) is 17.7 Å². The van der Waals surface area contributed by atoms with Crippen LogP contribution in [0.25, 0.3) is 0 Å². The van der Waals surface area contributed by atoms with E-state index in [0.29, 0.717) is 17.6 Å². The molecule has 0 spiro atoms. The van der Waals surface area contributed by atoms with Crippen molar-refractivity contribution in [2.24, 2.45) is 0 Å². The monoisotopic (exact) mass is 213 g/mol. The smallest absolute Gasteiger partial charge is 0.0914 e. The summed E-state index contributed by atoms with van der Waals surface area (Å²) in [5.74, 6) is 0. The molecule has 0 saturated carbocycles. The molecule has 1 rings (SSSR count). The summed E-state index contributed by atoms with van der Waals surface area (Å²) in [6.07, 6.45) is -0.463. The minimum atomic E-state index is -0.463. The molecular formula is C11H16ClNO. The van der Waals surface area contributed by atoms with Crippen molar-refractivity contribution in [1.82, 2.24) is 5.32 Å². The molecule has 1 aromatic rings. The third kappa shape index (κ3) is 3.66. The SMILES string of the molecule is CC(C)NCC(O)c1ccc(Cl)cc1. The van der Waals surface area contributed by atoms with Crippen LogP contribution in [0, 0.1) is 0 Å². The topological polar surface area (TPSA) is 32.3 Å². The van der Waals surface area contributed by atoms with Crippen molar-refractivity contribution in [3.63, 3.8) is 0 Å². The van der Waals surface area contributed by atoms with E-state index in [2.05, 4.69) is 19.2 Å². The first-order chi connectivity index (χ1) is 6.59. The lowest BCUT2D eigenvalue weighted by molar-refractivity contribution is 0.171. The highest BCUT2D eigenvalue weighted by atomic mass is 35.5. The molecule has 0 radical (unpaired) electrons. The van der Waals surface area contributed by atoms with Crippen LogP contribution in [0.15, 0.2) is 24.3 Å². The van der Waals surface area contributed by atoms with E-state index in [4.69, 9.17) is 11.6 Å². The van der Waals surface area contributed by atoms with Crippen LogP contribution in [0.1, 0.15) is 25.5 Å². The Hall–Kier alpha value is -0.570. The Balaban J connectivity index is 2.52. The Morgan fingerprint density at radius 1 is 1.29 bits per heavy atom. The highest BCUT2D eigenvalue weighted by Crippen LogP contribution is 2.15. The number of rotatable bonds is 4. The molecule has 0 amide bonds. The van der Waals surface area contributed by atoms with Crippen molar-refractivity contribution in [3.8, 4) is 0 Å². The van der Waals surface area contributed by atoms with Crippen LogP contribution in [0.2, 0.25) is 5.02 Å². The van der Waals surface area contributed by atoms with Crippen molar-refractivity contribution < 1.29 is 5.11 Å². The third-order valence-corrected chi connectivity index (χ3v) is 2.23. The van der Waals surface area contributed by atoms with Crippen LogP contribution in [-0.2, 0) is 0 Å². The zero-order valence-electron chi connectivity index (χ0n) is 8.50. The van der Waals surface area contributed by atoms with Gasteiger partial charge in [-0.25, -0.2) is 0 Å². The molecule has 1 unspecified atom stereocenters. The maximum absolute atomic E-state index is 9.75. The first-order valence-corrected chi connectivity index (χ1v) is 5.14. The predicted octanol–water partition coefficient (Wildman–Crippen LogP) is 2.37. The summed E-state index contributed by atoms with van der Waals surface area (Å²) in [4.78, 5) is 0. The normalized spacial score (nSPS) is 13.2. The second-order valence-corrected chi connectivity index (χ2v) is 4.07. The maximum Gasteiger partial charge on any atom is 0.0914 e. The maximum atomic E-state index is 9.75. The quantitative estimate of drug-likeness (QED) is 0.805. The van der Waals surface area contributed by atoms with Gasteiger partial charge in [-0.15, -0.1) is 0 Å². The van der Waals surface area contributed by atoms with Gasteiger partial charge in [0.1, 0.15) is 0 Å². The number of aliphatic hydroxyl groups excluding tert-OH is 1. The van der Waals surface area contributed by atoms with E-state index in [1.165, 1.54) is 0 Å². The minimum Gasteiger partial charge on any atom is -0.387 e. The van der Waals surface area contributed by atoms with Crippen molar-refractivity contribution >= 4 is 11.6 Å². The van der Waals surface area contributed by atoms with Gasteiger partial charge in [-0.3, -0.25) is 0 Å². The average molecular weight is 214 g/mol. The molecule has 0 aliphatic rings. The Labute approximate surface area is 89.9 Å². The van der Waals surface area contributed by atoms with E-state index in [1.54, 1.807) is 12.1 Å². The molecule has 2 nitrogen and oxygen atoms in total. The molecule has 0 heterocycles. The third-order valence-electron chi connectivity index (χ3n) is 1.97. The van der Waals surface area contributed by atoms with Crippen molar-refractivity contribution in [1.29, 1.82) is 0 Å². The van der Waals surface area contributed by atoms with Gasteiger partial charge in [-0.1, -0.05) is 37.6 Å². The molecule has 78 valence electrons. The number of aliphatic hydroxyl groups is 1. The zero-order valence-corrected chi connectivity index (χ0v) is 9.25. The van der Waals surface area contributed by atoms with Crippen LogP contribution in [0.5, 0.6) is 0 Å². The summed E-state index contributed by atoms with van der Waals surface area (Å²) in [7, 11) is 0. The summed E-state index contributed by atoms with van der Waals surface area (Å²) in [6.45, 7) is 4.67. The van der Waals surface area contributed by atoms with Crippen LogP contribution >= 0.6 is 11.6 Å². The molecule has 0 aromatic heterocycles. The summed E-state index contributed by atoms with van der Waals surface area (Å²) >= 11 is 5.75. The van der Waals surface area contributed by atoms with Gasteiger partial charge in [0.2, 0.25) is 0 Å². The Kier molecular flexibility index (Phi) is 4.39. The van der Waals surface area contributed by atoms with Gasteiger partial charge in [-0.2, -0.15) is 0 Å². The largest absolute Gasteiger partial charge is 0.387 e. The van der Waals surface area contributed by atoms with Gasteiger partial charge in [0.05, 0.1) is 6.10 Å². The van der Waals surface area contributed by atoms with E-state index in [-0.39, 0.29) is 0 Å². The summed E-state index contributed by atoms with van der Waals surface area (Å²) < 4.78 is 0. The van der Waals surface area contributed by atoms with E-state index < -0.39 is 6.10 Å². The first kappa shape index (κ1) is 11.5. The zero-order chi connectivity index (χ0) is 10.6. The van der Waals surface area contributed by atoms with Gasteiger partial charge in [0, 0.05) is 17.6 Å². The Morgan fingerprint density at radius 3 is 2.36 bits per heavy atom. The summed E-state index contributed by atoms with van der Waals surface area (Å²) in [5.41, 5.74) is 0.891. The number of hydrogen-bond donors (Lipinski definition) is 2. The van der Waals surface area contributed by atoms with Crippen molar-refractivity contribution in [2.75, 3.05) is 6.54 Å². The van der Waals surface area contributed by atoms with Crippen LogP contribution in [0.4, 0.5) is 0 Å². The predicted molar refractivity (Wildman–Crippen MR) is 59.6 cm³/mol. The second kappa shape index (κ2) is 5.35. The molecular weight excluding hydrogens is 198 g/mol. The van der Waals surface area contributed by atoms with E-state index in [1.807, 2.05) is 12.1 Å². The lowest BCUT2D eigenvalue weighted by Gasteiger charge is -2.14. The fourth-order valence-corrected chi connectivity index (χ4v) is 1.28. The fraction of sp³-hybridized carbons (Fsp3) is 0.455. The molecule has 1 aromatic carbocycles. The molecule has 0 aliphatic carbocycles. The molecule has 3 heteroatoms. The van der Waals surface area contributed by atoms with Crippen molar-refractivity contribution in [3.05, 3.63) is 34.9 Å². The summed E-state index contributed by atoms with van der Waals surface area (Å²) in [6, 6.07) is 7.64. The van der Waals surface area contributed by atoms with E-state index >= 15 is 0 Å². The minimum absolute atomic E-state index is 0.386. The Morgan fingerprint density at radius 2 is 1.86 bits per heavy atom. The molecule has 1 atom stereocenters. The van der Waals surface area contributed by atoms with Crippen LogP contribution < -0.4 is 5.32 Å². The Bertz CT molecular complexity index is 271. The molecule has 14 heavy (non-hydrogen) atoms. The van der Waals surface area contributed by atoms with E-state index in [9.17, 15) is 5.11 Å². The van der Waals surface area contributed by atoms with E-state index in [0.717, 1.165) is 5.56 Å². The van der Waals surface area contributed by atoms with Crippen molar-refractivity contribution in [2.45, 2.75) is 26.0 Å². The lowest BCUT2D eigenvalue weighted by Crippen LogP contribution is -2.27. The molecule has 2 N–H and O–H groups in total. The molecule has 0 fully saturated rings. The number of halogens is 1. The fourth-order valence-electron chi connectivity index (χ4n) is 1.15. The molecule has 0 aliphatic heterocycles. The van der Waals surface area contributed by atoms with Gasteiger partial charge in [-0.05, 0) is 17.7 Å². The number of hydrogen-bond acceptors (Lipinski definition) is 2. The molecule has 0 saturated heterocycles. The average Bonchev–Trinajstić information content (AvgIpc) is 2.15. The van der Waals surface area contributed by atoms with Gasteiger partial charge >= 0.3 is 0 Å². The standard InChI is InChI=1S/C11H16ClNO/c1-8(2)13-7-11(14)9-3-5-10(12)6-4-9/h3-6,8,11,13-14H,7H2,1-2H3. The highest BCUT2D eigenvalue weighted by Gasteiger charge is 2.06. The van der Waals surface area contributed by atoms with Crippen LogP contribution in [0.3, 0.4) is 0 Å².